The highest BCUT2D eigenvalue weighted by molar-refractivity contribution is 7.89. The summed E-state index contributed by atoms with van der Waals surface area (Å²) in [7, 11) is -2.42. The van der Waals surface area contributed by atoms with E-state index in [-0.39, 0.29) is 19.2 Å². The van der Waals surface area contributed by atoms with Gasteiger partial charge in [-0.15, -0.1) is 0 Å². The van der Waals surface area contributed by atoms with Crippen LogP contribution < -0.4 is 0 Å². The molecule has 0 aliphatic carbocycles. The van der Waals surface area contributed by atoms with Gasteiger partial charge in [0.15, 0.2) is 0 Å². The van der Waals surface area contributed by atoms with Crippen molar-refractivity contribution in [3.63, 3.8) is 0 Å². The molecule has 116 valence electrons. The summed E-state index contributed by atoms with van der Waals surface area (Å²) in [6.07, 6.45) is 0. The molecular formula is C11H13F2N3O4S. The summed E-state index contributed by atoms with van der Waals surface area (Å²) >= 11 is 0. The molecule has 1 aromatic carbocycles. The Morgan fingerprint density at radius 3 is 2.24 bits per heavy atom. The lowest BCUT2D eigenvalue weighted by Crippen LogP contribution is -2.47. The van der Waals surface area contributed by atoms with Crippen LogP contribution in [-0.4, -0.2) is 55.8 Å². The van der Waals surface area contributed by atoms with Crippen LogP contribution in [-0.2, 0) is 10.0 Å². The third-order valence-corrected chi connectivity index (χ3v) is 5.19. The minimum absolute atomic E-state index is 0.142. The maximum Gasteiger partial charge on any atom is 0.306 e. The monoisotopic (exact) mass is 321 g/mol. The van der Waals surface area contributed by atoms with Gasteiger partial charge in [0, 0.05) is 38.3 Å². The van der Waals surface area contributed by atoms with Crippen molar-refractivity contribution in [2.24, 2.45) is 0 Å². The van der Waals surface area contributed by atoms with Gasteiger partial charge in [-0.3, -0.25) is 10.1 Å². The Morgan fingerprint density at radius 2 is 1.71 bits per heavy atom. The van der Waals surface area contributed by atoms with Gasteiger partial charge in [0.2, 0.25) is 15.8 Å². The first-order valence-corrected chi connectivity index (χ1v) is 7.49. The summed E-state index contributed by atoms with van der Waals surface area (Å²) in [5.74, 6) is -2.74. The van der Waals surface area contributed by atoms with E-state index in [9.17, 15) is 27.3 Å². The van der Waals surface area contributed by atoms with Crippen LogP contribution >= 0.6 is 0 Å². The Kier molecular flexibility index (Phi) is 4.21. The SMILES string of the molecule is CN1CCN(S(=O)(=O)c2cc([N+](=O)[O-])c(F)cc2F)CC1. The summed E-state index contributed by atoms with van der Waals surface area (Å²) in [4.78, 5) is 10.6. The van der Waals surface area contributed by atoms with E-state index < -0.39 is 37.2 Å². The lowest BCUT2D eigenvalue weighted by atomic mass is 10.3. The molecule has 0 bridgehead atoms. The third kappa shape index (κ3) is 3.01. The fraction of sp³-hybridized carbons (Fsp3) is 0.455. The van der Waals surface area contributed by atoms with E-state index in [1.165, 1.54) is 0 Å². The van der Waals surface area contributed by atoms with Gasteiger partial charge in [0.25, 0.3) is 0 Å². The van der Waals surface area contributed by atoms with Crippen LogP contribution in [0.4, 0.5) is 14.5 Å². The number of rotatable bonds is 3. The molecule has 0 N–H and O–H groups in total. The molecule has 1 aromatic rings. The van der Waals surface area contributed by atoms with E-state index in [0.717, 1.165) is 4.31 Å². The Morgan fingerprint density at radius 1 is 1.14 bits per heavy atom. The number of piperazine rings is 1. The highest BCUT2D eigenvalue weighted by atomic mass is 32.2. The fourth-order valence-corrected chi connectivity index (χ4v) is 3.51. The highest BCUT2D eigenvalue weighted by Gasteiger charge is 2.32. The van der Waals surface area contributed by atoms with E-state index in [2.05, 4.69) is 0 Å². The van der Waals surface area contributed by atoms with Crippen molar-refractivity contribution in [3.8, 4) is 0 Å². The van der Waals surface area contributed by atoms with E-state index >= 15 is 0 Å². The largest absolute Gasteiger partial charge is 0.306 e. The molecule has 0 amide bonds. The molecule has 1 saturated heterocycles. The normalized spacial score (nSPS) is 17.9. The number of benzene rings is 1. The lowest BCUT2D eigenvalue weighted by molar-refractivity contribution is -0.387. The van der Waals surface area contributed by atoms with Crippen molar-refractivity contribution in [3.05, 3.63) is 33.9 Å². The van der Waals surface area contributed by atoms with E-state index in [1.54, 1.807) is 0 Å². The quantitative estimate of drug-likeness (QED) is 0.607. The summed E-state index contributed by atoms with van der Waals surface area (Å²) in [6.45, 7) is 1.21. The maximum absolute atomic E-state index is 13.7. The predicted molar refractivity (Wildman–Crippen MR) is 69.3 cm³/mol. The molecule has 0 spiro atoms. The third-order valence-electron chi connectivity index (χ3n) is 3.28. The topological polar surface area (TPSA) is 83.8 Å². The number of nitrogens with zero attached hydrogens (tertiary/aromatic N) is 3. The molecule has 0 atom stereocenters. The molecule has 21 heavy (non-hydrogen) atoms. The van der Waals surface area contributed by atoms with Gasteiger partial charge in [0.1, 0.15) is 10.7 Å². The molecule has 0 unspecified atom stereocenters. The van der Waals surface area contributed by atoms with Crippen LogP contribution in [0.5, 0.6) is 0 Å². The number of nitro benzene ring substituents is 1. The van der Waals surface area contributed by atoms with Gasteiger partial charge in [-0.25, -0.2) is 12.8 Å². The highest BCUT2D eigenvalue weighted by Crippen LogP contribution is 2.27. The number of hydrogen-bond acceptors (Lipinski definition) is 5. The average Bonchev–Trinajstić information content (AvgIpc) is 2.38. The van der Waals surface area contributed by atoms with Crippen molar-refractivity contribution in [2.75, 3.05) is 33.2 Å². The molecular weight excluding hydrogens is 308 g/mol. The zero-order chi connectivity index (χ0) is 15.8. The lowest BCUT2D eigenvalue weighted by Gasteiger charge is -2.31. The number of hydrogen-bond donors (Lipinski definition) is 0. The van der Waals surface area contributed by atoms with Gasteiger partial charge in [-0.1, -0.05) is 0 Å². The van der Waals surface area contributed by atoms with Crippen LogP contribution in [0.3, 0.4) is 0 Å². The van der Waals surface area contributed by atoms with Crippen LogP contribution in [0.15, 0.2) is 17.0 Å². The second-order valence-corrected chi connectivity index (χ2v) is 6.60. The van der Waals surface area contributed by atoms with Crippen molar-refractivity contribution >= 4 is 15.7 Å². The minimum atomic E-state index is -4.23. The molecule has 7 nitrogen and oxygen atoms in total. The van der Waals surface area contributed by atoms with Gasteiger partial charge in [0.05, 0.1) is 4.92 Å². The first-order chi connectivity index (χ1) is 9.73. The van der Waals surface area contributed by atoms with E-state index in [4.69, 9.17) is 0 Å². The molecule has 1 heterocycles. The Labute approximate surface area is 120 Å². The number of nitro groups is 1. The van der Waals surface area contributed by atoms with Crippen molar-refractivity contribution in [1.82, 2.24) is 9.21 Å². The van der Waals surface area contributed by atoms with Crippen molar-refractivity contribution in [2.45, 2.75) is 4.90 Å². The van der Waals surface area contributed by atoms with Crippen LogP contribution in [0.25, 0.3) is 0 Å². The zero-order valence-electron chi connectivity index (χ0n) is 11.1. The molecule has 1 aliphatic heterocycles. The Bertz CT molecular complexity index is 672. The minimum Gasteiger partial charge on any atom is -0.304 e. The standard InChI is InChI=1S/C11H13F2N3O4S/c1-14-2-4-15(5-3-14)21(19,20)11-7-10(16(17)18)8(12)6-9(11)13/h6-7H,2-5H2,1H3. The van der Waals surface area contributed by atoms with Gasteiger partial charge in [-0.2, -0.15) is 8.70 Å². The molecule has 10 heteroatoms. The van der Waals surface area contributed by atoms with Gasteiger partial charge in [-0.05, 0) is 7.05 Å². The number of halogens is 2. The molecule has 1 fully saturated rings. The first-order valence-electron chi connectivity index (χ1n) is 6.05. The second-order valence-electron chi connectivity index (χ2n) is 4.70. The molecule has 2 rings (SSSR count). The average molecular weight is 321 g/mol. The summed E-state index contributed by atoms with van der Waals surface area (Å²) in [5, 5.41) is 10.7. The second kappa shape index (κ2) is 5.62. The summed E-state index contributed by atoms with van der Waals surface area (Å²) in [5.41, 5.74) is -1.07. The molecule has 1 aliphatic rings. The van der Waals surface area contributed by atoms with Gasteiger partial charge >= 0.3 is 5.69 Å². The molecule has 0 saturated carbocycles. The van der Waals surface area contributed by atoms with Crippen LogP contribution in [0, 0.1) is 21.7 Å². The summed E-state index contributed by atoms with van der Waals surface area (Å²) < 4.78 is 52.7. The van der Waals surface area contributed by atoms with Gasteiger partial charge < -0.3 is 4.90 Å². The van der Waals surface area contributed by atoms with Crippen LogP contribution in [0.2, 0.25) is 0 Å². The Balaban J connectivity index is 2.45. The van der Waals surface area contributed by atoms with Crippen molar-refractivity contribution in [1.29, 1.82) is 0 Å². The maximum atomic E-state index is 13.7. The smallest absolute Gasteiger partial charge is 0.304 e. The first kappa shape index (κ1) is 15.7. The number of likely N-dealkylation sites (N-methyl/N-ethyl adjacent to an activating group) is 1. The zero-order valence-corrected chi connectivity index (χ0v) is 11.9. The van der Waals surface area contributed by atoms with E-state index in [1.807, 2.05) is 11.9 Å². The van der Waals surface area contributed by atoms with Crippen molar-refractivity contribution < 1.29 is 22.1 Å². The van der Waals surface area contributed by atoms with Crippen LogP contribution in [0.1, 0.15) is 0 Å². The summed E-state index contributed by atoms with van der Waals surface area (Å²) in [6, 6.07) is 0.652. The molecule has 0 aromatic heterocycles. The molecule has 0 radical (unpaired) electrons. The predicted octanol–water partition coefficient (Wildman–Crippen LogP) is 0.809. The Hall–Kier alpha value is -1.65. The number of sulfonamides is 1. The fourth-order valence-electron chi connectivity index (χ4n) is 2.02. The van der Waals surface area contributed by atoms with E-state index in [0.29, 0.717) is 19.2 Å².